The lowest BCUT2D eigenvalue weighted by Crippen LogP contribution is -2.43. The molecule has 0 aliphatic carbocycles. The van der Waals surface area contributed by atoms with Gasteiger partial charge in [-0.2, -0.15) is 0 Å². The molecule has 3 N–H and O–H groups in total. The number of carboxylic acid groups (broad SMARTS) is 1. The molecule has 1 atom stereocenters. The molecule has 1 unspecified atom stereocenters. The third kappa shape index (κ3) is 3.54. The fourth-order valence-corrected chi connectivity index (χ4v) is 1.62. The van der Waals surface area contributed by atoms with Crippen LogP contribution in [0.15, 0.2) is 22.7 Å². The van der Waals surface area contributed by atoms with Crippen LogP contribution in [0.4, 0.5) is 0 Å². The number of halogens is 1. The summed E-state index contributed by atoms with van der Waals surface area (Å²) < 4.78 is 0.726. The second-order valence-electron chi connectivity index (χ2n) is 3.51. The molecule has 0 heterocycles. The second-order valence-corrected chi connectivity index (χ2v) is 4.42. The Bertz CT molecular complexity index is 447. The van der Waals surface area contributed by atoms with Crippen molar-refractivity contribution in [3.63, 3.8) is 0 Å². The maximum atomic E-state index is 11.8. The van der Waals surface area contributed by atoms with E-state index in [9.17, 15) is 9.59 Å². The second kappa shape index (κ2) is 5.79. The number of amides is 1. The summed E-state index contributed by atoms with van der Waals surface area (Å²) in [6.07, 6.45) is 0. The SMILES string of the molecule is Cc1ccc(Br)cc1C(=O)NC(CO)C(=O)O. The van der Waals surface area contributed by atoms with Crippen molar-refractivity contribution in [1.82, 2.24) is 5.32 Å². The molecule has 5 nitrogen and oxygen atoms in total. The summed E-state index contributed by atoms with van der Waals surface area (Å²) in [6.45, 7) is 1.10. The Labute approximate surface area is 107 Å². The third-order valence-electron chi connectivity index (χ3n) is 2.23. The Hall–Kier alpha value is -1.40. The van der Waals surface area contributed by atoms with E-state index in [-0.39, 0.29) is 0 Å². The molecule has 0 aromatic heterocycles. The minimum atomic E-state index is -1.29. The van der Waals surface area contributed by atoms with Gasteiger partial charge in [0.05, 0.1) is 6.61 Å². The molecular formula is C11H12BrNO4. The Morgan fingerprint density at radius 1 is 1.47 bits per heavy atom. The van der Waals surface area contributed by atoms with Gasteiger partial charge in [0, 0.05) is 10.0 Å². The first kappa shape index (κ1) is 13.7. The summed E-state index contributed by atoms with van der Waals surface area (Å²) in [6, 6.07) is 3.84. The highest BCUT2D eigenvalue weighted by molar-refractivity contribution is 9.10. The first-order chi connectivity index (χ1) is 7.95. The van der Waals surface area contributed by atoms with E-state index in [4.69, 9.17) is 10.2 Å². The average molecular weight is 302 g/mol. The smallest absolute Gasteiger partial charge is 0.328 e. The van der Waals surface area contributed by atoms with Crippen LogP contribution in [0.25, 0.3) is 0 Å². The number of aryl methyl sites for hydroxylation is 1. The first-order valence-electron chi connectivity index (χ1n) is 4.86. The highest BCUT2D eigenvalue weighted by Gasteiger charge is 2.20. The molecule has 92 valence electrons. The summed E-state index contributed by atoms with van der Waals surface area (Å²) in [5, 5.41) is 19.8. The van der Waals surface area contributed by atoms with Crippen molar-refractivity contribution in [2.24, 2.45) is 0 Å². The van der Waals surface area contributed by atoms with Crippen LogP contribution in [0.2, 0.25) is 0 Å². The van der Waals surface area contributed by atoms with Crippen molar-refractivity contribution in [3.8, 4) is 0 Å². The summed E-state index contributed by atoms with van der Waals surface area (Å²) in [7, 11) is 0. The number of carboxylic acids is 1. The van der Waals surface area contributed by atoms with E-state index in [1.807, 2.05) is 0 Å². The third-order valence-corrected chi connectivity index (χ3v) is 2.72. The molecule has 0 fully saturated rings. The van der Waals surface area contributed by atoms with Gasteiger partial charge >= 0.3 is 5.97 Å². The number of hydrogen-bond donors (Lipinski definition) is 3. The van der Waals surface area contributed by atoms with Gasteiger partial charge in [0.25, 0.3) is 5.91 Å². The van der Waals surface area contributed by atoms with E-state index in [0.717, 1.165) is 10.0 Å². The van der Waals surface area contributed by atoms with Crippen LogP contribution in [0.1, 0.15) is 15.9 Å². The van der Waals surface area contributed by atoms with Gasteiger partial charge in [0.1, 0.15) is 0 Å². The number of benzene rings is 1. The maximum Gasteiger partial charge on any atom is 0.328 e. The van der Waals surface area contributed by atoms with Gasteiger partial charge in [0.2, 0.25) is 0 Å². The minimum Gasteiger partial charge on any atom is -0.480 e. The van der Waals surface area contributed by atoms with Crippen LogP contribution in [0, 0.1) is 6.92 Å². The van der Waals surface area contributed by atoms with E-state index in [0.29, 0.717) is 5.56 Å². The van der Waals surface area contributed by atoms with Crippen LogP contribution in [0.3, 0.4) is 0 Å². The minimum absolute atomic E-state index is 0.374. The van der Waals surface area contributed by atoms with Crippen LogP contribution in [-0.2, 0) is 4.79 Å². The zero-order valence-corrected chi connectivity index (χ0v) is 10.7. The molecule has 0 spiro atoms. The van der Waals surface area contributed by atoms with E-state index >= 15 is 0 Å². The summed E-state index contributed by atoms with van der Waals surface area (Å²) >= 11 is 3.23. The first-order valence-corrected chi connectivity index (χ1v) is 5.65. The number of rotatable bonds is 4. The van der Waals surface area contributed by atoms with E-state index in [1.165, 1.54) is 0 Å². The summed E-state index contributed by atoms with van der Waals surface area (Å²) in [5.74, 6) is -1.79. The zero-order chi connectivity index (χ0) is 13.0. The van der Waals surface area contributed by atoms with Gasteiger partial charge < -0.3 is 15.5 Å². The molecule has 1 rings (SSSR count). The van der Waals surface area contributed by atoms with Gasteiger partial charge in [-0.3, -0.25) is 4.79 Å². The maximum absolute atomic E-state index is 11.8. The van der Waals surface area contributed by atoms with E-state index < -0.39 is 24.5 Å². The molecule has 0 aliphatic rings. The fourth-order valence-electron chi connectivity index (χ4n) is 1.26. The Morgan fingerprint density at radius 3 is 2.65 bits per heavy atom. The molecule has 1 aromatic rings. The fraction of sp³-hybridized carbons (Fsp3) is 0.273. The molecular weight excluding hydrogens is 290 g/mol. The molecule has 0 bridgehead atoms. The van der Waals surface area contributed by atoms with Crippen molar-refractivity contribution in [1.29, 1.82) is 0 Å². The summed E-state index contributed by atoms with van der Waals surface area (Å²) in [5.41, 5.74) is 1.10. The molecule has 1 amide bonds. The van der Waals surface area contributed by atoms with Crippen molar-refractivity contribution in [3.05, 3.63) is 33.8 Å². The Balaban J connectivity index is 2.89. The van der Waals surface area contributed by atoms with Gasteiger partial charge in [-0.05, 0) is 24.6 Å². The Morgan fingerprint density at radius 2 is 2.12 bits per heavy atom. The van der Waals surface area contributed by atoms with Crippen molar-refractivity contribution < 1.29 is 19.8 Å². The van der Waals surface area contributed by atoms with Gasteiger partial charge in [-0.1, -0.05) is 22.0 Å². The standard InChI is InChI=1S/C11H12BrNO4/c1-6-2-3-7(12)4-8(6)10(15)13-9(5-14)11(16)17/h2-4,9,14H,5H2,1H3,(H,13,15)(H,16,17). The number of aliphatic hydroxyl groups is 1. The zero-order valence-electron chi connectivity index (χ0n) is 9.11. The molecule has 0 radical (unpaired) electrons. The molecule has 0 saturated carbocycles. The van der Waals surface area contributed by atoms with Crippen LogP contribution >= 0.6 is 15.9 Å². The highest BCUT2D eigenvalue weighted by atomic mass is 79.9. The topological polar surface area (TPSA) is 86.6 Å². The lowest BCUT2D eigenvalue weighted by Gasteiger charge is -2.13. The lowest BCUT2D eigenvalue weighted by atomic mass is 10.1. The van der Waals surface area contributed by atoms with Crippen molar-refractivity contribution in [2.45, 2.75) is 13.0 Å². The van der Waals surface area contributed by atoms with Gasteiger partial charge in [-0.15, -0.1) is 0 Å². The molecule has 6 heteroatoms. The highest BCUT2D eigenvalue weighted by Crippen LogP contribution is 2.16. The normalized spacial score (nSPS) is 11.9. The molecule has 0 saturated heterocycles. The number of aliphatic hydroxyl groups excluding tert-OH is 1. The molecule has 1 aromatic carbocycles. The quantitative estimate of drug-likeness (QED) is 0.772. The van der Waals surface area contributed by atoms with E-state index in [2.05, 4.69) is 21.2 Å². The monoisotopic (exact) mass is 301 g/mol. The summed E-state index contributed by atoms with van der Waals surface area (Å²) in [4.78, 5) is 22.5. The van der Waals surface area contributed by atoms with Crippen LogP contribution in [-0.4, -0.2) is 34.7 Å². The van der Waals surface area contributed by atoms with Crippen molar-refractivity contribution in [2.75, 3.05) is 6.61 Å². The van der Waals surface area contributed by atoms with E-state index in [1.54, 1.807) is 25.1 Å². The number of nitrogens with one attached hydrogen (secondary N) is 1. The Kier molecular flexibility index (Phi) is 4.65. The van der Waals surface area contributed by atoms with Crippen LogP contribution in [0.5, 0.6) is 0 Å². The number of carbonyl (C=O) groups is 2. The van der Waals surface area contributed by atoms with Gasteiger partial charge in [0.15, 0.2) is 6.04 Å². The average Bonchev–Trinajstić information content (AvgIpc) is 2.28. The van der Waals surface area contributed by atoms with Gasteiger partial charge in [-0.25, -0.2) is 4.79 Å². The number of hydrogen-bond acceptors (Lipinski definition) is 3. The van der Waals surface area contributed by atoms with Crippen molar-refractivity contribution >= 4 is 27.8 Å². The van der Waals surface area contributed by atoms with Crippen LogP contribution < -0.4 is 5.32 Å². The number of carbonyl (C=O) groups excluding carboxylic acids is 1. The predicted octanol–water partition coefficient (Wildman–Crippen LogP) is 0.933. The molecule has 0 aliphatic heterocycles. The lowest BCUT2D eigenvalue weighted by molar-refractivity contribution is -0.140. The molecule has 17 heavy (non-hydrogen) atoms. The number of aliphatic carboxylic acids is 1. The predicted molar refractivity (Wildman–Crippen MR) is 64.9 cm³/mol. The largest absolute Gasteiger partial charge is 0.480 e.